The molecular formula is C22H30O5S. The van der Waals surface area contributed by atoms with E-state index in [1.165, 1.54) is 75.3 Å². The standard InChI is InChI=1S/C22H30O5S/c1-2-3-4-5-6-7-8-9-10-18-15-19(23)17-21(16-18)27-20-11-13-22(14-12-20)28(24,25)26/h11-17,23H,2-10H2,1H3,(H,24,25,26). The molecule has 5 nitrogen and oxygen atoms in total. The molecule has 0 fully saturated rings. The van der Waals surface area contributed by atoms with Crippen LogP contribution in [0.4, 0.5) is 0 Å². The van der Waals surface area contributed by atoms with Gasteiger partial charge in [-0.1, -0.05) is 51.9 Å². The average molecular weight is 407 g/mol. The topological polar surface area (TPSA) is 83.8 Å². The molecule has 2 rings (SSSR count). The van der Waals surface area contributed by atoms with Gasteiger partial charge >= 0.3 is 0 Å². The number of phenols is 1. The van der Waals surface area contributed by atoms with E-state index in [1.807, 2.05) is 6.07 Å². The summed E-state index contributed by atoms with van der Waals surface area (Å²) in [6, 6.07) is 10.6. The van der Waals surface area contributed by atoms with E-state index < -0.39 is 10.1 Å². The Hall–Kier alpha value is -2.05. The SMILES string of the molecule is CCCCCCCCCCc1cc(O)cc(Oc2ccc(S(=O)(=O)O)cc2)c1. The molecule has 2 aromatic rings. The van der Waals surface area contributed by atoms with Gasteiger partial charge in [0.05, 0.1) is 4.90 Å². The lowest BCUT2D eigenvalue weighted by molar-refractivity contribution is 0.453. The molecule has 0 amide bonds. The van der Waals surface area contributed by atoms with Gasteiger partial charge in [-0.25, -0.2) is 0 Å². The third-order valence-corrected chi connectivity index (χ3v) is 5.50. The predicted molar refractivity (Wildman–Crippen MR) is 111 cm³/mol. The Balaban J connectivity index is 1.85. The summed E-state index contributed by atoms with van der Waals surface area (Å²) in [5, 5.41) is 9.95. The first-order valence-electron chi connectivity index (χ1n) is 9.97. The van der Waals surface area contributed by atoms with Crippen molar-refractivity contribution >= 4 is 10.1 Å². The Bertz CT molecular complexity index is 829. The molecule has 2 aromatic carbocycles. The van der Waals surface area contributed by atoms with Gasteiger partial charge in [0.1, 0.15) is 17.2 Å². The second kappa shape index (κ2) is 11.1. The smallest absolute Gasteiger partial charge is 0.294 e. The fraction of sp³-hybridized carbons (Fsp3) is 0.455. The highest BCUT2D eigenvalue weighted by Gasteiger charge is 2.09. The van der Waals surface area contributed by atoms with Gasteiger partial charge in [0.2, 0.25) is 0 Å². The molecule has 0 aliphatic heterocycles. The Kier molecular flexibility index (Phi) is 8.80. The number of benzene rings is 2. The van der Waals surface area contributed by atoms with Crippen molar-refractivity contribution in [2.75, 3.05) is 0 Å². The van der Waals surface area contributed by atoms with E-state index in [4.69, 9.17) is 9.29 Å². The van der Waals surface area contributed by atoms with Gasteiger partial charge in [-0.05, 0) is 54.8 Å². The van der Waals surface area contributed by atoms with Crippen LogP contribution in [0.2, 0.25) is 0 Å². The van der Waals surface area contributed by atoms with Gasteiger partial charge in [-0.15, -0.1) is 0 Å². The molecule has 0 spiro atoms. The highest BCUT2D eigenvalue weighted by molar-refractivity contribution is 7.85. The minimum atomic E-state index is -4.22. The molecule has 0 aliphatic rings. The minimum Gasteiger partial charge on any atom is -0.508 e. The van der Waals surface area contributed by atoms with Crippen LogP contribution in [-0.2, 0) is 16.5 Å². The maximum Gasteiger partial charge on any atom is 0.294 e. The van der Waals surface area contributed by atoms with E-state index in [9.17, 15) is 13.5 Å². The second-order valence-electron chi connectivity index (χ2n) is 7.11. The van der Waals surface area contributed by atoms with Crippen LogP contribution in [0.5, 0.6) is 17.2 Å². The monoisotopic (exact) mass is 406 g/mol. The molecule has 0 saturated heterocycles. The Morgan fingerprint density at radius 1 is 0.821 bits per heavy atom. The zero-order valence-electron chi connectivity index (χ0n) is 16.4. The molecule has 2 N–H and O–H groups in total. The Labute approximate surface area is 168 Å². The van der Waals surface area contributed by atoms with Crippen LogP contribution in [0.1, 0.15) is 63.9 Å². The van der Waals surface area contributed by atoms with Gasteiger partial charge in [-0.2, -0.15) is 8.42 Å². The van der Waals surface area contributed by atoms with Crippen LogP contribution in [0.25, 0.3) is 0 Å². The molecule has 0 bridgehead atoms. The first kappa shape index (κ1) is 22.2. The number of rotatable bonds is 12. The third-order valence-electron chi connectivity index (χ3n) is 4.63. The fourth-order valence-corrected chi connectivity index (χ4v) is 3.61. The minimum absolute atomic E-state index is 0.140. The number of hydrogen-bond acceptors (Lipinski definition) is 4. The maximum atomic E-state index is 11.1. The van der Waals surface area contributed by atoms with Crippen molar-refractivity contribution < 1.29 is 22.8 Å². The molecule has 28 heavy (non-hydrogen) atoms. The van der Waals surface area contributed by atoms with Crippen molar-refractivity contribution in [3.05, 3.63) is 48.0 Å². The van der Waals surface area contributed by atoms with Crippen molar-refractivity contribution in [1.29, 1.82) is 0 Å². The van der Waals surface area contributed by atoms with Crippen molar-refractivity contribution in [3.8, 4) is 17.2 Å². The molecule has 0 radical (unpaired) electrons. The van der Waals surface area contributed by atoms with Crippen LogP contribution in [0, 0.1) is 0 Å². The van der Waals surface area contributed by atoms with Gasteiger partial charge in [-0.3, -0.25) is 4.55 Å². The van der Waals surface area contributed by atoms with Gasteiger partial charge in [0.25, 0.3) is 10.1 Å². The molecule has 154 valence electrons. The molecule has 0 atom stereocenters. The normalized spacial score (nSPS) is 11.5. The summed E-state index contributed by atoms with van der Waals surface area (Å²) < 4.78 is 36.9. The van der Waals surface area contributed by atoms with Gasteiger partial charge in [0, 0.05) is 6.07 Å². The first-order chi connectivity index (χ1) is 13.4. The van der Waals surface area contributed by atoms with Crippen molar-refractivity contribution in [3.63, 3.8) is 0 Å². The van der Waals surface area contributed by atoms with Gasteiger partial charge in [0.15, 0.2) is 0 Å². The molecule has 0 unspecified atom stereocenters. The summed E-state index contributed by atoms with van der Waals surface area (Å²) in [6.07, 6.45) is 10.9. The Morgan fingerprint density at radius 2 is 1.43 bits per heavy atom. The van der Waals surface area contributed by atoms with Crippen molar-refractivity contribution in [1.82, 2.24) is 0 Å². The number of phenolic OH excluding ortho intramolecular Hbond substituents is 1. The third kappa shape index (κ3) is 7.90. The predicted octanol–water partition coefficient (Wildman–Crippen LogP) is 6.11. The molecule has 6 heteroatoms. The summed E-state index contributed by atoms with van der Waals surface area (Å²) in [5.74, 6) is 1.06. The lowest BCUT2D eigenvalue weighted by Gasteiger charge is -2.09. The lowest BCUT2D eigenvalue weighted by Crippen LogP contribution is -1.97. The number of hydrogen-bond donors (Lipinski definition) is 2. The van der Waals surface area contributed by atoms with E-state index in [-0.39, 0.29) is 10.6 Å². The van der Waals surface area contributed by atoms with E-state index in [1.54, 1.807) is 6.07 Å². The summed E-state index contributed by atoms with van der Waals surface area (Å²) in [5.41, 5.74) is 1.01. The zero-order chi connectivity index (χ0) is 20.4. The molecule has 0 heterocycles. The molecule has 0 aliphatic carbocycles. The quantitative estimate of drug-likeness (QED) is 0.328. The van der Waals surface area contributed by atoms with E-state index >= 15 is 0 Å². The van der Waals surface area contributed by atoms with E-state index in [0.717, 1.165) is 18.4 Å². The highest BCUT2D eigenvalue weighted by atomic mass is 32.2. The summed E-state index contributed by atoms with van der Waals surface area (Å²) in [4.78, 5) is -0.189. The van der Waals surface area contributed by atoms with Crippen LogP contribution >= 0.6 is 0 Å². The van der Waals surface area contributed by atoms with Gasteiger partial charge < -0.3 is 9.84 Å². The lowest BCUT2D eigenvalue weighted by atomic mass is 10.0. The number of ether oxygens (including phenoxy) is 1. The number of aromatic hydroxyl groups is 1. The molecular weight excluding hydrogens is 376 g/mol. The zero-order valence-corrected chi connectivity index (χ0v) is 17.2. The molecule has 0 saturated carbocycles. The summed E-state index contributed by atoms with van der Waals surface area (Å²) in [7, 11) is -4.22. The van der Waals surface area contributed by atoms with E-state index in [0.29, 0.717) is 11.5 Å². The largest absolute Gasteiger partial charge is 0.508 e. The summed E-state index contributed by atoms with van der Waals surface area (Å²) >= 11 is 0. The number of aryl methyl sites for hydroxylation is 1. The Morgan fingerprint density at radius 3 is 2.04 bits per heavy atom. The van der Waals surface area contributed by atoms with Crippen molar-refractivity contribution in [2.45, 2.75) is 69.6 Å². The first-order valence-corrected chi connectivity index (χ1v) is 11.4. The average Bonchev–Trinajstić information content (AvgIpc) is 2.63. The van der Waals surface area contributed by atoms with Crippen LogP contribution in [0.3, 0.4) is 0 Å². The number of unbranched alkanes of at least 4 members (excludes halogenated alkanes) is 7. The van der Waals surface area contributed by atoms with Crippen LogP contribution in [0.15, 0.2) is 47.4 Å². The summed E-state index contributed by atoms with van der Waals surface area (Å²) in [6.45, 7) is 2.22. The maximum absolute atomic E-state index is 11.1. The van der Waals surface area contributed by atoms with E-state index in [2.05, 4.69) is 6.92 Å². The highest BCUT2D eigenvalue weighted by Crippen LogP contribution is 2.28. The van der Waals surface area contributed by atoms with Crippen molar-refractivity contribution in [2.24, 2.45) is 0 Å². The van der Waals surface area contributed by atoms with Crippen LogP contribution in [-0.4, -0.2) is 18.1 Å². The fourth-order valence-electron chi connectivity index (χ4n) is 3.13. The second-order valence-corrected chi connectivity index (χ2v) is 8.53. The molecule has 0 aromatic heterocycles. The van der Waals surface area contributed by atoms with Crippen LogP contribution < -0.4 is 4.74 Å².